The van der Waals surface area contributed by atoms with E-state index in [1.165, 1.54) is 4.90 Å². The molecule has 7 heteroatoms. The van der Waals surface area contributed by atoms with Crippen LogP contribution in [0.1, 0.15) is 36.5 Å². The van der Waals surface area contributed by atoms with Gasteiger partial charge in [-0.1, -0.05) is 48.9 Å². The van der Waals surface area contributed by atoms with Crippen LogP contribution in [0.4, 0.5) is 10.6 Å². The molecule has 0 unspecified atom stereocenters. The predicted octanol–water partition coefficient (Wildman–Crippen LogP) is 3.97. The topological polar surface area (TPSA) is 82.6 Å². The van der Waals surface area contributed by atoms with Gasteiger partial charge in [0.25, 0.3) is 0 Å². The zero-order valence-corrected chi connectivity index (χ0v) is 20.0. The highest BCUT2D eigenvalue weighted by atomic mass is 16.2. The van der Waals surface area contributed by atoms with Gasteiger partial charge in [0.05, 0.1) is 18.1 Å². The van der Waals surface area contributed by atoms with Crippen molar-refractivity contribution in [2.24, 2.45) is 11.3 Å². The number of aryl methyl sites for hydroxylation is 1. The largest absolute Gasteiger partial charge is 0.352 e. The molecule has 4 heterocycles. The van der Waals surface area contributed by atoms with E-state index in [1.807, 2.05) is 49.4 Å². The van der Waals surface area contributed by atoms with Crippen LogP contribution in [0.15, 0.2) is 54.6 Å². The number of amides is 4. The first kappa shape index (κ1) is 21.8. The number of anilines is 1. The number of carbonyl (C=O) groups is 3. The second-order valence-corrected chi connectivity index (χ2v) is 10.3. The van der Waals surface area contributed by atoms with Crippen molar-refractivity contribution in [3.8, 4) is 0 Å². The van der Waals surface area contributed by atoms with E-state index in [2.05, 4.69) is 29.3 Å². The van der Waals surface area contributed by atoms with Crippen molar-refractivity contribution in [1.82, 2.24) is 15.2 Å². The molecule has 6 rings (SSSR count). The molecule has 1 aromatic heterocycles. The van der Waals surface area contributed by atoms with E-state index in [0.29, 0.717) is 12.3 Å². The third-order valence-corrected chi connectivity index (χ3v) is 7.88. The molecule has 0 radical (unpaired) electrons. The van der Waals surface area contributed by atoms with Crippen LogP contribution >= 0.6 is 0 Å². The molecule has 0 bridgehead atoms. The summed E-state index contributed by atoms with van der Waals surface area (Å²) in [5.41, 5.74) is 2.38. The van der Waals surface area contributed by atoms with Crippen LogP contribution in [0.5, 0.6) is 0 Å². The van der Waals surface area contributed by atoms with Gasteiger partial charge in [0.15, 0.2) is 5.41 Å². The molecule has 0 aliphatic carbocycles. The molecule has 3 aliphatic rings. The highest BCUT2D eigenvalue weighted by molar-refractivity contribution is 6.20. The van der Waals surface area contributed by atoms with E-state index < -0.39 is 23.3 Å². The number of benzene rings is 2. The first-order valence-corrected chi connectivity index (χ1v) is 12.2. The number of hydrogen-bond acceptors (Lipinski definition) is 5. The van der Waals surface area contributed by atoms with Crippen molar-refractivity contribution in [2.75, 3.05) is 11.4 Å². The van der Waals surface area contributed by atoms with E-state index >= 15 is 0 Å². The molecule has 7 nitrogen and oxygen atoms in total. The van der Waals surface area contributed by atoms with Gasteiger partial charge in [0, 0.05) is 18.4 Å². The minimum Gasteiger partial charge on any atom is -0.352 e. The number of hydrogen-bond donors (Lipinski definition) is 1. The van der Waals surface area contributed by atoms with Crippen molar-refractivity contribution < 1.29 is 14.4 Å². The summed E-state index contributed by atoms with van der Waals surface area (Å²) in [7, 11) is 0. The van der Waals surface area contributed by atoms with Gasteiger partial charge < -0.3 is 4.90 Å². The van der Waals surface area contributed by atoms with Crippen molar-refractivity contribution in [3.05, 3.63) is 71.3 Å². The maximum absolute atomic E-state index is 14.2. The Morgan fingerprint density at radius 2 is 1.89 bits per heavy atom. The lowest BCUT2D eigenvalue weighted by Crippen LogP contribution is -2.72. The SMILES string of the molecule is Cc1ccc2nc3c(cc2c1)C[C@@]1(C(=O)NC(=O)N(Cc2ccccc2)C1=O)[C@@H]1C[C@H](C)CCN31. The van der Waals surface area contributed by atoms with Gasteiger partial charge in [-0.25, -0.2) is 9.78 Å². The maximum Gasteiger partial charge on any atom is 0.331 e. The smallest absolute Gasteiger partial charge is 0.331 e. The second-order valence-electron chi connectivity index (χ2n) is 10.3. The van der Waals surface area contributed by atoms with Gasteiger partial charge in [-0.3, -0.25) is 19.8 Å². The summed E-state index contributed by atoms with van der Waals surface area (Å²) < 4.78 is 0. The Morgan fingerprint density at radius 3 is 2.69 bits per heavy atom. The molecule has 2 aromatic carbocycles. The Hall–Kier alpha value is -3.74. The molecule has 1 spiro atoms. The highest BCUT2D eigenvalue weighted by Gasteiger charge is 2.62. The van der Waals surface area contributed by atoms with Gasteiger partial charge in [-0.15, -0.1) is 0 Å². The fourth-order valence-corrected chi connectivity index (χ4v) is 6.05. The molecule has 1 N–H and O–H groups in total. The molecular weight excluding hydrogens is 440 g/mol. The Bertz CT molecular complexity index is 1370. The van der Waals surface area contributed by atoms with Crippen molar-refractivity contribution >= 4 is 34.6 Å². The van der Waals surface area contributed by atoms with Crippen LogP contribution in [0.2, 0.25) is 0 Å². The number of piperidine rings is 1. The van der Waals surface area contributed by atoms with E-state index in [-0.39, 0.29) is 19.0 Å². The average Bonchev–Trinajstić information content (AvgIpc) is 2.84. The number of imide groups is 2. The number of nitrogens with zero attached hydrogens (tertiary/aromatic N) is 3. The van der Waals surface area contributed by atoms with E-state index in [1.54, 1.807) is 0 Å². The minimum atomic E-state index is -1.37. The van der Waals surface area contributed by atoms with E-state index in [0.717, 1.165) is 46.4 Å². The normalized spacial score (nSPS) is 26.1. The fourth-order valence-electron chi connectivity index (χ4n) is 6.05. The lowest BCUT2D eigenvalue weighted by molar-refractivity contribution is -0.154. The third-order valence-electron chi connectivity index (χ3n) is 7.88. The zero-order valence-electron chi connectivity index (χ0n) is 20.0. The number of aromatic nitrogens is 1. The lowest BCUT2D eigenvalue weighted by atomic mass is 9.65. The first-order chi connectivity index (χ1) is 16.9. The number of carbonyl (C=O) groups excluding carboxylic acids is 3. The number of nitrogens with one attached hydrogen (secondary N) is 1. The number of urea groups is 1. The zero-order chi connectivity index (χ0) is 24.3. The molecular formula is C28H28N4O3. The summed E-state index contributed by atoms with van der Waals surface area (Å²) in [4.78, 5) is 49.1. The van der Waals surface area contributed by atoms with Crippen LogP contribution in [-0.2, 0) is 22.6 Å². The predicted molar refractivity (Wildman–Crippen MR) is 133 cm³/mol. The van der Waals surface area contributed by atoms with Crippen molar-refractivity contribution in [3.63, 3.8) is 0 Å². The molecule has 2 saturated heterocycles. The summed E-state index contributed by atoms with van der Waals surface area (Å²) >= 11 is 0. The number of fused-ring (bicyclic) bond motifs is 5. The van der Waals surface area contributed by atoms with Crippen LogP contribution in [-0.4, -0.2) is 40.3 Å². The Morgan fingerprint density at radius 1 is 1.09 bits per heavy atom. The van der Waals surface area contributed by atoms with Gasteiger partial charge in [0.2, 0.25) is 11.8 Å². The van der Waals surface area contributed by atoms with Crippen LogP contribution in [0.25, 0.3) is 10.9 Å². The second kappa shape index (κ2) is 7.90. The van der Waals surface area contributed by atoms with Crippen LogP contribution < -0.4 is 10.2 Å². The number of pyridine rings is 1. The van der Waals surface area contributed by atoms with Gasteiger partial charge in [-0.05, 0) is 55.0 Å². The molecule has 2 fully saturated rings. The van der Waals surface area contributed by atoms with Gasteiger partial charge >= 0.3 is 6.03 Å². The molecule has 3 aliphatic heterocycles. The summed E-state index contributed by atoms with van der Waals surface area (Å²) in [6.45, 7) is 5.05. The summed E-state index contributed by atoms with van der Waals surface area (Å²) in [6.07, 6.45) is 1.89. The van der Waals surface area contributed by atoms with Gasteiger partial charge in [-0.2, -0.15) is 0 Å². The van der Waals surface area contributed by atoms with Crippen molar-refractivity contribution in [2.45, 2.75) is 45.7 Å². The molecule has 0 saturated carbocycles. The molecule has 35 heavy (non-hydrogen) atoms. The lowest BCUT2D eigenvalue weighted by Gasteiger charge is -2.54. The molecule has 4 amide bonds. The standard InChI is InChI=1S/C28H28N4O3/c1-17-8-9-22-20(12-17)14-21-15-28(23-13-18(2)10-11-31(23)24(21)29-22)25(33)30-27(35)32(26(28)34)16-19-6-4-3-5-7-19/h3-9,12,14,18,23H,10-11,13,15-16H2,1-2H3,(H,30,33,35)/t18-,23+,28+/m1/s1. The summed E-state index contributed by atoms with van der Waals surface area (Å²) in [6, 6.07) is 16.6. The Balaban J connectivity index is 1.49. The fraction of sp³-hybridized carbons (Fsp3) is 0.357. The number of rotatable bonds is 2. The maximum atomic E-state index is 14.2. The Labute approximate surface area is 204 Å². The minimum absolute atomic E-state index is 0.130. The van der Waals surface area contributed by atoms with E-state index in [4.69, 9.17) is 4.98 Å². The number of barbiturate groups is 1. The van der Waals surface area contributed by atoms with Crippen LogP contribution in [0.3, 0.4) is 0 Å². The van der Waals surface area contributed by atoms with Crippen LogP contribution in [0, 0.1) is 18.3 Å². The van der Waals surface area contributed by atoms with Gasteiger partial charge in [0.1, 0.15) is 5.82 Å². The molecule has 178 valence electrons. The average molecular weight is 469 g/mol. The summed E-state index contributed by atoms with van der Waals surface area (Å²) in [5, 5.41) is 3.54. The summed E-state index contributed by atoms with van der Waals surface area (Å²) in [5.74, 6) is 0.319. The first-order valence-electron chi connectivity index (χ1n) is 12.2. The monoisotopic (exact) mass is 468 g/mol. The molecule has 3 atom stereocenters. The molecule has 3 aromatic rings. The Kier molecular flexibility index (Phi) is 4.91. The van der Waals surface area contributed by atoms with Crippen molar-refractivity contribution in [1.29, 1.82) is 0 Å². The van der Waals surface area contributed by atoms with E-state index in [9.17, 15) is 14.4 Å². The highest BCUT2D eigenvalue weighted by Crippen LogP contribution is 2.48. The third kappa shape index (κ3) is 3.32. The quantitative estimate of drug-likeness (QED) is 0.576.